The Kier molecular flexibility index (Phi) is 6.11. The molecule has 0 bridgehead atoms. The van der Waals surface area contributed by atoms with Crippen molar-refractivity contribution in [3.05, 3.63) is 33.8 Å². The molecule has 2 unspecified atom stereocenters. The van der Waals surface area contributed by atoms with Gasteiger partial charge >= 0.3 is 0 Å². The van der Waals surface area contributed by atoms with Gasteiger partial charge in [0, 0.05) is 20.1 Å². The van der Waals surface area contributed by atoms with Gasteiger partial charge in [-0.2, -0.15) is 0 Å². The lowest BCUT2D eigenvalue weighted by atomic mass is 10.0. The Bertz CT molecular complexity index is 449. The van der Waals surface area contributed by atoms with Crippen LogP contribution in [0.5, 0.6) is 0 Å². The van der Waals surface area contributed by atoms with Crippen LogP contribution in [0.1, 0.15) is 31.9 Å². The summed E-state index contributed by atoms with van der Waals surface area (Å²) in [6.07, 6.45) is 0.864. The van der Waals surface area contributed by atoms with E-state index in [9.17, 15) is 4.79 Å². The first kappa shape index (κ1) is 16.3. The standard InChI is InChI=1S/C14H20Cl2N2O/c1-5-13(17-9(2)14(19)18(3)4)10-6-7-11(15)12(16)8-10/h6-9,13,17H,5H2,1-4H3. The summed E-state index contributed by atoms with van der Waals surface area (Å²) in [6.45, 7) is 3.93. The van der Waals surface area contributed by atoms with E-state index in [1.165, 1.54) is 0 Å². The molecule has 0 saturated carbocycles. The lowest BCUT2D eigenvalue weighted by Crippen LogP contribution is -2.43. The number of nitrogens with one attached hydrogen (secondary N) is 1. The third-order valence-corrected chi connectivity index (χ3v) is 3.76. The van der Waals surface area contributed by atoms with E-state index in [0.29, 0.717) is 10.0 Å². The molecule has 0 heterocycles. The summed E-state index contributed by atoms with van der Waals surface area (Å²) >= 11 is 11.9. The molecule has 0 saturated heterocycles. The highest BCUT2D eigenvalue weighted by molar-refractivity contribution is 6.42. The van der Waals surface area contributed by atoms with Gasteiger partial charge in [0.2, 0.25) is 5.91 Å². The Labute approximate surface area is 124 Å². The first-order valence-electron chi connectivity index (χ1n) is 6.29. The zero-order valence-electron chi connectivity index (χ0n) is 11.7. The minimum Gasteiger partial charge on any atom is -0.347 e. The molecule has 106 valence electrons. The van der Waals surface area contributed by atoms with Gasteiger partial charge in [-0.3, -0.25) is 10.1 Å². The number of carbonyl (C=O) groups excluding carboxylic acids is 1. The van der Waals surface area contributed by atoms with Gasteiger partial charge in [0.25, 0.3) is 0 Å². The van der Waals surface area contributed by atoms with Crippen LogP contribution in [0, 0.1) is 0 Å². The van der Waals surface area contributed by atoms with Crippen molar-refractivity contribution < 1.29 is 4.79 Å². The lowest BCUT2D eigenvalue weighted by molar-refractivity contribution is -0.130. The quantitative estimate of drug-likeness (QED) is 0.903. The fraction of sp³-hybridized carbons (Fsp3) is 0.500. The van der Waals surface area contributed by atoms with Crippen LogP contribution in [-0.2, 0) is 4.79 Å². The molecule has 1 rings (SSSR count). The smallest absolute Gasteiger partial charge is 0.238 e. The number of halogens is 2. The number of rotatable bonds is 5. The maximum absolute atomic E-state index is 11.9. The Morgan fingerprint density at radius 1 is 1.32 bits per heavy atom. The third-order valence-electron chi connectivity index (χ3n) is 3.02. The molecule has 0 spiro atoms. The maximum Gasteiger partial charge on any atom is 0.238 e. The highest BCUT2D eigenvalue weighted by Gasteiger charge is 2.19. The van der Waals surface area contributed by atoms with E-state index in [1.54, 1.807) is 25.1 Å². The Morgan fingerprint density at radius 2 is 1.95 bits per heavy atom. The van der Waals surface area contributed by atoms with Crippen molar-refractivity contribution in [3.8, 4) is 0 Å². The minimum atomic E-state index is -0.241. The predicted octanol–water partition coefficient (Wildman–Crippen LogP) is 3.51. The molecule has 1 N–H and O–H groups in total. The van der Waals surface area contributed by atoms with Crippen molar-refractivity contribution in [3.63, 3.8) is 0 Å². The second-order valence-corrected chi connectivity index (χ2v) is 5.57. The molecular formula is C14H20Cl2N2O. The van der Waals surface area contributed by atoms with E-state index in [1.807, 2.05) is 19.1 Å². The third kappa shape index (κ3) is 4.37. The maximum atomic E-state index is 11.9. The van der Waals surface area contributed by atoms with Crippen LogP contribution < -0.4 is 5.32 Å². The lowest BCUT2D eigenvalue weighted by Gasteiger charge is -2.24. The van der Waals surface area contributed by atoms with Crippen molar-refractivity contribution >= 4 is 29.1 Å². The predicted molar refractivity (Wildman–Crippen MR) is 80.8 cm³/mol. The van der Waals surface area contributed by atoms with E-state index in [-0.39, 0.29) is 18.0 Å². The Morgan fingerprint density at radius 3 is 2.42 bits per heavy atom. The summed E-state index contributed by atoms with van der Waals surface area (Å²) in [5.41, 5.74) is 1.04. The summed E-state index contributed by atoms with van der Waals surface area (Å²) in [4.78, 5) is 13.4. The van der Waals surface area contributed by atoms with Crippen LogP contribution in [0.3, 0.4) is 0 Å². The highest BCUT2D eigenvalue weighted by Crippen LogP contribution is 2.27. The molecule has 0 aliphatic rings. The molecule has 5 heteroatoms. The molecule has 0 aliphatic carbocycles. The summed E-state index contributed by atoms with van der Waals surface area (Å²) in [6, 6.07) is 5.39. The van der Waals surface area contributed by atoms with E-state index in [4.69, 9.17) is 23.2 Å². The number of amides is 1. The van der Waals surface area contributed by atoms with Crippen LogP contribution in [0.4, 0.5) is 0 Å². The molecule has 2 atom stereocenters. The van der Waals surface area contributed by atoms with Crippen LogP contribution in [0.2, 0.25) is 10.0 Å². The number of benzene rings is 1. The van der Waals surface area contributed by atoms with E-state index >= 15 is 0 Å². The second-order valence-electron chi connectivity index (χ2n) is 4.76. The van der Waals surface area contributed by atoms with Gasteiger partial charge < -0.3 is 4.90 Å². The van der Waals surface area contributed by atoms with Gasteiger partial charge in [-0.15, -0.1) is 0 Å². The number of hydrogen-bond acceptors (Lipinski definition) is 2. The summed E-state index contributed by atoms with van der Waals surface area (Å²) in [5.74, 6) is 0.0542. The highest BCUT2D eigenvalue weighted by atomic mass is 35.5. The zero-order chi connectivity index (χ0) is 14.6. The van der Waals surface area contributed by atoms with Crippen molar-refractivity contribution in [2.24, 2.45) is 0 Å². The summed E-state index contributed by atoms with van der Waals surface area (Å²) in [7, 11) is 3.50. The number of carbonyl (C=O) groups is 1. The molecule has 0 radical (unpaired) electrons. The van der Waals surface area contributed by atoms with Gasteiger partial charge in [-0.25, -0.2) is 0 Å². The first-order valence-corrected chi connectivity index (χ1v) is 7.04. The molecule has 19 heavy (non-hydrogen) atoms. The van der Waals surface area contributed by atoms with Crippen molar-refractivity contribution in [2.45, 2.75) is 32.4 Å². The molecule has 0 aromatic heterocycles. The second kappa shape index (κ2) is 7.13. The minimum absolute atomic E-state index is 0.0542. The van der Waals surface area contributed by atoms with Crippen molar-refractivity contribution in [2.75, 3.05) is 14.1 Å². The van der Waals surface area contributed by atoms with E-state index in [2.05, 4.69) is 12.2 Å². The number of hydrogen-bond donors (Lipinski definition) is 1. The van der Waals surface area contributed by atoms with Crippen LogP contribution >= 0.6 is 23.2 Å². The van der Waals surface area contributed by atoms with Crippen molar-refractivity contribution in [1.29, 1.82) is 0 Å². The van der Waals surface area contributed by atoms with E-state index in [0.717, 1.165) is 12.0 Å². The molecule has 1 amide bonds. The Hall–Kier alpha value is -0.770. The molecule has 3 nitrogen and oxygen atoms in total. The van der Waals surface area contributed by atoms with Crippen LogP contribution in [-0.4, -0.2) is 30.9 Å². The first-order chi connectivity index (χ1) is 8.86. The molecule has 0 aliphatic heterocycles. The van der Waals surface area contributed by atoms with Gasteiger partial charge in [-0.1, -0.05) is 36.2 Å². The van der Waals surface area contributed by atoms with E-state index < -0.39 is 0 Å². The zero-order valence-corrected chi connectivity index (χ0v) is 13.2. The van der Waals surface area contributed by atoms with Crippen molar-refractivity contribution in [1.82, 2.24) is 10.2 Å². The molecule has 1 aromatic rings. The van der Waals surface area contributed by atoms with Crippen LogP contribution in [0.25, 0.3) is 0 Å². The monoisotopic (exact) mass is 302 g/mol. The van der Waals surface area contributed by atoms with Gasteiger partial charge in [0.05, 0.1) is 16.1 Å². The Balaban J connectivity index is 2.83. The topological polar surface area (TPSA) is 32.3 Å². The normalized spacial score (nSPS) is 14.0. The van der Waals surface area contributed by atoms with Crippen LogP contribution in [0.15, 0.2) is 18.2 Å². The number of nitrogens with zero attached hydrogens (tertiary/aromatic N) is 1. The molecule has 1 aromatic carbocycles. The fourth-order valence-corrected chi connectivity index (χ4v) is 2.25. The largest absolute Gasteiger partial charge is 0.347 e. The average molecular weight is 303 g/mol. The average Bonchev–Trinajstić information content (AvgIpc) is 2.37. The molecule has 0 fully saturated rings. The SMILES string of the molecule is CCC(NC(C)C(=O)N(C)C)c1ccc(Cl)c(Cl)c1. The van der Waals surface area contributed by atoms with Gasteiger partial charge in [0.1, 0.15) is 0 Å². The summed E-state index contributed by atoms with van der Waals surface area (Å²) < 4.78 is 0. The van der Waals surface area contributed by atoms with Gasteiger partial charge in [-0.05, 0) is 31.0 Å². The molecular weight excluding hydrogens is 283 g/mol. The summed E-state index contributed by atoms with van der Waals surface area (Å²) in [5, 5.41) is 4.39. The fourth-order valence-electron chi connectivity index (χ4n) is 1.94. The number of likely N-dealkylation sites (N-methyl/N-ethyl adjacent to an activating group) is 1. The van der Waals surface area contributed by atoms with Gasteiger partial charge in [0.15, 0.2) is 0 Å².